The molecule has 0 bridgehead atoms. The zero-order valence-corrected chi connectivity index (χ0v) is 17.6. The maximum absolute atomic E-state index is 12.7. The molecule has 1 amide bonds. The fourth-order valence-corrected chi connectivity index (χ4v) is 3.13. The second kappa shape index (κ2) is 10.9. The Kier molecular flexibility index (Phi) is 8.27. The average Bonchev–Trinajstić information content (AvgIpc) is 2.73. The second-order valence-corrected chi connectivity index (χ2v) is 6.84. The highest BCUT2D eigenvalue weighted by molar-refractivity contribution is 9.10. The molecule has 0 atom stereocenters. The number of nitrogens with zero attached hydrogens (tertiary/aromatic N) is 3. The molecule has 2 rings (SSSR count). The molecule has 0 fully saturated rings. The summed E-state index contributed by atoms with van der Waals surface area (Å²) in [5, 5.41) is 18.0. The van der Waals surface area contributed by atoms with Crippen LogP contribution in [0.1, 0.15) is 23.6 Å². The van der Waals surface area contributed by atoms with E-state index in [0.29, 0.717) is 46.8 Å². The van der Waals surface area contributed by atoms with Gasteiger partial charge in [-0.1, -0.05) is 18.2 Å². The summed E-state index contributed by atoms with van der Waals surface area (Å²) in [7, 11) is 0. The number of nitriles is 2. The van der Waals surface area contributed by atoms with Crippen molar-refractivity contribution in [3.05, 3.63) is 70.2 Å². The zero-order valence-electron chi connectivity index (χ0n) is 16.0. The van der Waals surface area contributed by atoms with E-state index in [2.05, 4.69) is 34.6 Å². The number of ether oxygens (including phenoxy) is 2. The van der Waals surface area contributed by atoms with E-state index in [0.717, 1.165) is 5.56 Å². The van der Waals surface area contributed by atoms with Crippen molar-refractivity contribution < 1.29 is 14.3 Å². The third-order valence-corrected chi connectivity index (χ3v) is 4.53. The molecular formula is C22H20BrN3O3. The van der Waals surface area contributed by atoms with Crippen molar-refractivity contribution in [3.63, 3.8) is 0 Å². The van der Waals surface area contributed by atoms with Gasteiger partial charge in [-0.15, -0.1) is 6.58 Å². The molecule has 0 aliphatic carbocycles. The van der Waals surface area contributed by atoms with Gasteiger partial charge in [-0.2, -0.15) is 10.5 Å². The minimum atomic E-state index is -0.229. The first-order valence-corrected chi connectivity index (χ1v) is 9.68. The topological polar surface area (TPSA) is 86.4 Å². The summed E-state index contributed by atoms with van der Waals surface area (Å²) in [5.41, 5.74) is 1.88. The van der Waals surface area contributed by atoms with Crippen LogP contribution in [-0.4, -0.2) is 30.6 Å². The van der Waals surface area contributed by atoms with Gasteiger partial charge in [0.05, 0.1) is 34.3 Å². The van der Waals surface area contributed by atoms with Gasteiger partial charge in [0.2, 0.25) is 0 Å². The van der Waals surface area contributed by atoms with Gasteiger partial charge in [0.25, 0.3) is 5.91 Å². The summed E-state index contributed by atoms with van der Waals surface area (Å²) in [6, 6.07) is 14.4. The Morgan fingerprint density at radius 2 is 1.86 bits per heavy atom. The molecule has 0 radical (unpaired) electrons. The quantitative estimate of drug-likeness (QED) is 0.531. The highest BCUT2D eigenvalue weighted by atomic mass is 79.9. The summed E-state index contributed by atoms with van der Waals surface area (Å²) < 4.78 is 11.8. The number of hydrogen-bond donors (Lipinski definition) is 0. The SMILES string of the molecule is C=CCN(Cc1ccc(C#N)cc1)C(=O)COc1c(Br)cc(C#N)cc1OCC. The smallest absolute Gasteiger partial charge is 0.261 e. The van der Waals surface area contributed by atoms with Crippen LogP contribution in [-0.2, 0) is 11.3 Å². The largest absolute Gasteiger partial charge is 0.490 e. The minimum Gasteiger partial charge on any atom is -0.490 e. The van der Waals surface area contributed by atoms with Crippen LogP contribution in [0.5, 0.6) is 11.5 Å². The molecule has 2 aromatic carbocycles. The standard InChI is InChI=1S/C22H20BrN3O3/c1-3-9-26(14-17-7-5-16(12-24)6-8-17)21(27)15-29-22-19(23)10-18(13-25)11-20(22)28-4-2/h3,5-8,10-11H,1,4,9,14-15H2,2H3. The van der Waals surface area contributed by atoms with E-state index in [1.54, 1.807) is 35.2 Å². The van der Waals surface area contributed by atoms with Gasteiger partial charge in [-0.05, 0) is 46.6 Å². The van der Waals surface area contributed by atoms with E-state index in [1.165, 1.54) is 0 Å². The second-order valence-electron chi connectivity index (χ2n) is 5.99. The Morgan fingerprint density at radius 3 is 2.45 bits per heavy atom. The molecule has 0 heterocycles. The molecule has 0 aromatic heterocycles. The predicted molar refractivity (Wildman–Crippen MR) is 112 cm³/mol. The molecule has 7 heteroatoms. The van der Waals surface area contributed by atoms with Gasteiger partial charge < -0.3 is 14.4 Å². The fourth-order valence-electron chi connectivity index (χ4n) is 2.58. The molecule has 0 unspecified atom stereocenters. The molecule has 0 saturated carbocycles. The Labute approximate surface area is 178 Å². The summed E-state index contributed by atoms with van der Waals surface area (Å²) in [5.74, 6) is 0.540. The molecule has 29 heavy (non-hydrogen) atoms. The Morgan fingerprint density at radius 1 is 1.17 bits per heavy atom. The van der Waals surface area contributed by atoms with Crippen molar-refractivity contribution in [2.24, 2.45) is 0 Å². The summed E-state index contributed by atoms with van der Waals surface area (Å²) in [6.45, 7) is 6.45. The van der Waals surface area contributed by atoms with Crippen molar-refractivity contribution >= 4 is 21.8 Å². The lowest BCUT2D eigenvalue weighted by molar-refractivity contribution is -0.133. The monoisotopic (exact) mass is 453 g/mol. The van der Waals surface area contributed by atoms with Crippen molar-refractivity contribution in [3.8, 4) is 23.6 Å². The van der Waals surface area contributed by atoms with Gasteiger partial charge in [0.1, 0.15) is 0 Å². The number of halogens is 1. The number of carbonyl (C=O) groups is 1. The first-order chi connectivity index (χ1) is 14.0. The molecule has 2 aromatic rings. The average molecular weight is 454 g/mol. The number of carbonyl (C=O) groups excluding carboxylic acids is 1. The molecule has 0 aliphatic rings. The van der Waals surface area contributed by atoms with Crippen LogP contribution >= 0.6 is 15.9 Å². The highest BCUT2D eigenvalue weighted by Crippen LogP contribution is 2.36. The lowest BCUT2D eigenvalue weighted by atomic mass is 10.1. The molecule has 0 saturated heterocycles. The maximum Gasteiger partial charge on any atom is 0.261 e. The van der Waals surface area contributed by atoms with Crippen LogP contribution in [0.3, 0.4) is 0 Å². The van der Waals surface area contributed by atoms with Crippen LogP contribution in [0.2, 0.25) is 0 Å². The normalized spacial score (nSPS) is 9.79. The van der Waals surface area contributed by atoms with Crippen LogP contribution < -0.4 is 9.47 Å². The lowest BCUT2D eigenvalue weighted by Gasteiger charge is -2.22. The van der Waals surface area contributed by atoms with Gasteiger partial charge in [-0.3, -0.25) is 4.79 Å². The van der Waals surface area contributed by atoms with E-state index >= 15 is 0 Å². The van der Waals surface area contributed by atoms with Gasteiger partial charge >= 0.3 is 0 Å². The van der Waals surface area contributed by atoms with Gasteiger partial charge in [0, 0.05) is 19.2 Å². The number of benzene rings is 2. The van der Waals surface area contributed by atoms with E-state index in [-0.39, 0.29) is 12.5 Å². The van der Waals surface area contributed by atoms with E-state index in [9.17, 15) is 4.79 Å². The Bertz CT molecular complexity index is 959. The summed E-state index contributed by atoms with van der Waals surface area (Å²) in [4.78, 5) is 14.3. The third-order valence-electron chi connectivity index (χ3n) is 3.94. The van der Waals surface area contributed by atoms with Crippen molar-refractivity contribution in [1.29, 1.82) is 10.5 Å². The van der Waals surface area contributed by atoms with E-state index in [1.807, 2.05) is 19.1 Å². The Balaban J connectivity index is 2.13. The summed E-state index contributed by atoms with van der Waals surface area (Å²) >= 11 is 3.37. The third kappa shape index (κ3) is 6.10. The number of hydrogen-bond acceptors (Lipinski definition) is 5. The van der Waals surface area contributed by atoms with Crippen molar-refractivity contribution in [1.82, 2.24) is 4.90 Å². The predicted octanol–water partition coefficient (Wildman–Crippen LogP) is 4.18. The first-order valence-electron chi connectivity index (χ1n) is 8.89. The molecule has 148 valence electrons. The maximum atomic E-state index is 12.7. The van der Waals surface area contributed by atoms with Gasteiger partial charge in [0.15, 0.2) is 18.1 Å². The number of rotatable bonds is 9. The summed E-state index contributed by atoms with van der Waals surface area (Å²) in [6.07, 6.45) is 1.64. The van der Waals surface area contributed by atoms with E-state index < -0.39 is 0 Å². The van der Waals surface area contributed by atoms with E-state index in [4.69, 9.17) is 20.0 Å². The van der Waals surface area contributed by atoms with Crippen molar-refractivity contribution in [2.45, 2.75) is 13.5 Å². The molecule has 6 nitrogen and oxygen atoms in total. The van der Waals surface area contributed by atoms with Crippen LogP contribution in [0.25, 0.3) is 0 Å². The van der Waals surface area contributed by atoms with Crippen LogP contribution in [0.4, 0.5) is 0 Å². The van der Waals surface area contributed by atoms with Crippen LogP contribution in [0.15, 0.2) is 53.5 Å². The molecule has 0 spiro atoms. The fraction of sp³-hybridized carbons (Fsp3) is 0.227. The van der Waals surface area contributed by atoms with Crippen molar-refractivity contribution in [2.75, 3.05) is 19.8 Å². The molecular weight excluding hydrogens is 434 g/mol. The Hall–Kier alpha value is -3.29. The molecule has 0 aliphatic heterocycles. The van der Waals surface area contributed by atoms with Gasteiger partial charge in [-0.25, -0.2) is 0 Å². The van der Waals surface area contributed by atoms with Crippen LogP contribution in [0, 0.1) is 22.7 Å². The number of amides is 1. The molecule has 0 N–H and O–H groups in total. The zero-order chi connectivity index (χ0) is 21.2. The highest BCUT2D eigenvalue weighted by Gasteiger charge is 2.17. The lowest BCUT2D eigenvalue weighted by Crippen LogP contribution is -2.34. The minimum absolute atomic E-state index is 0.200. The first kappa shape index (κ1) is 22.0.